The molecule has 1 aliphatic rings. The molecule has 2 aromatic heterocycles. The molecule has 0 radical (unpaired) electrons. The topological polar surface area (TPSA) is 78.3 Å². The Labute approximate surface area is 163 Å². The van der Waals surface area contributed by atoms with Gasteiger partial charge in [-0.25, -0.2) is 4.98 Å². The van der Waals surface area contributed by atoms with E-state index in [0.717, 1.165) is 24.3 Å². The molecule has 3 aromatic rings. The minimum atomic E-state index is 0.0146. The molecule has 144 valence electrons. The van der Waals surface area contributed by atoms with Crippen LogP contribution in [-0.2, 0) is 9.53 Å². The molecule has 0 atom stereocenters. The third-order valence-electron chi connectivity index (χ3n) is 4.61. The smallest absolute Gasteiger partial charge is 0.227 e. The van der Waals surface area contributed by atoms with Crippen LogP contribution >= 0.6 is 0 Å². The number of carbonyl (C=O) groups excluding carboxylic acids is 1. The maximum absolute atomic E-state index is 12.3. The highest BCUT2D eigenvalue weighted by molar-refractivity contribution is 5.92. The van der Waals surface area contributed by atoms with Crippen molar-refractivity contribution in [2.45, 2.75) is 19.8 Å². The average Bonchev–Trinajstić information content (AvgIpc) is 3.25. The summed E-state index contributed by atoms with van der Waals surface area (Å²) in [6.07, 6.45) is 5.37. The summed E-state index contributed by atoms with van der Waals surface area (Å²) >= 11 is 0. The van der Waals surface area contributed by atoms with E-state index in [9.17, 15) is 4.79 Å². The molecule has 1 fully saturated rings. The van der Waals surface area contributed by atoms with Crippen LogP contribution in [0.3, 0.4) is 0 Å². The van der Waals surface area contributed by atoms with E-state index < -0.39 is 0 Å². The van der Waals surface area contributed by atoms with E-state index in [1.807, 2.05) is 60.3 Å². The fraction of sp³-hybridized carbons (Fsp3) is 0.286. The number of aromatic nitrogens is 3. The van der Waals surface area contributed by atoms with E-state index in [0.29, 0.717) is 30.7 Å². The molecule has 3 heterocycles. The molecule has 1 N–H and O–H groups in total. The van der Waals surface area contributed by atoms with Crippen molar-refractivity contribution in [1.29, 1.82) is 0 Å². The Morgan fingerprint density at radius 1 is 1.14 bits per heavy atom. The quantitative estimate of drug-likeness (QED) is 0.732. The van der Waals surface area contributed by atoms with Gasteiger partial charge in [0.05, 0.1) is 0 Å². The van der Waals surface area contributed by atoms with Crippen molar-refractivity contribution in [3.63, 3.8) is 0 Å². The van der Waals surface area contributed by atoms with Crippen molar-refractivity contribution in [2.24, 2.45) is 5.92 Å². The molecule has 1 aromatic carbocycles. The first-order chi connectivity index (χ1) is 13.7. The summed E-state index contributed by atoms with van der Waals surface area (Å²) in [5.41, 5.74) is 0.746. The van der Waals surface area contributed by atoms with E-state index in [4.69, 9.17) is 9.47 Å². The van der Waals surface area contributed by atoms with Gasteiger partial charge in [-0.05, 0) is 56.2 Å². The van der Waals surface area contributed by atoms with Gasteiger partial charge < -0.3 is 19.4 Å². The predicted molar refractivity (Wildman–Crippen MR) is 105 cm³/mol. The van der Waals surface area contributed by atoms with Crippen molar-refractivity contribution in [1.82, 2.24) is 14.5 Å². The SMILES string of the molecule is Cc1nc(Oc2ccc(NC(=O)C3CCOCC3)cc2)cc(-n2cccc2)n1. The van der Waals surface area contributed by atoms with Crippen LogP contribution in [0.15, 0.2) is 54.9 Å². The Morgan fingerprint density at radius 3 is 2.57 bits per heavy atom. The molecule has 0 spiro atoms. The number of carbonyl (C=O) groups is 1. The fourth-order valence-electron chi connectivity index (χ4n) is 3.13. The van der Waals surface area contributed by atoms with Crippen LogP contribution in [0.25, 0.3) is 5.82 Å². The Kier molecular flexibility index (Phi) is 5.34. The number of benzene rings is 1. The van der Waals surface area contributed by atoms with Crippen LogP contribution in [0, 0.1) is 12.8 Å². The van der Waals surface area contributed by atoms with Crippen molar-refractivity contribution in [2.75, 3.05) is 18.5 Å². The van der Waals surface area contributed by atoms with Crippen LogP contribution in [0.1, 0.15) is 18.7 Å². The molecule has 28 heavy (non-hydrogen) atoms. The van der Waals surface area contributed by atoms with E-state index in [-0.39, 0.29) is 11.8 Å². The summed E-state index contributed by atoms with van der Waals surface area (Å²) < 4.78 is 13.1. The molecule has 1 saturated heterocycles. The molecular weight excluding hydrogens is 356 g/mol. The molecule has 0 saturated carbocycles. The van der Waals surface area contributed by atoms with E-state index in [1.165, 1.54) is 0 Å². The minimum absolute atomic E-state index is 0.0146. The molecule has 7 nitrogen and oxygen atoms in total. The van der Waals surface area contributed by atoms with Gasteiger partial charge in [-0.3, -0.25) is 4.79 Å². The van der Waals surface area contributed by atoms with Crippen LogP contribution in [-0.4, -0.2) is 33.7 Å². The highest BCUT2D eigenvalue weighted by Crippen LogP contribution is 2.24. The molecule has 1 amide bonds. The number of nitrogens with zero attached hydrogens (tertiary/aromatic N) is 3. The second-order valence-corrected chi connectivity index (χ2v) is 6.70. The second-order valence-electron chi connectivity index (χ2n) is 6.70. The Hall–Kier alpha value is -3.19. The van der Waals surface area contributed by atoms with Gasteiger partial charge in [-0.1, -0.05) is 0 Å². The summed E-state index contributed by atoms with van der Waals surface area (Å²) in [6.45, 7) is 3.12. The largest absolute Gasteiger partial charge is 0.439 e. The number of hydrogen-bond donors (Lipinski definition) is 1. The predicted octanol–water partition coefficient (Wildman–Crippen LogP) is 3.73. The van der Waals surface area contributed by atoms with Gasteiger partial charge in [0.2, 0.25) is 11.8 Å². The lowest BCUT2D eigenvalue weighted by Crippen LogP contribution is -2.28. The summed E-state index contributed by atoms with van der Waals surface area (Å²) in [5.74, 6) is 2.53. The zero-order valence-corrected chi connectivity index (χ0v) is 15.7. The third kappa shape index (κ3) is 4.37. The summed E-state index contributed by atoms with van der Waals surface area (Å²) in [7, 11) is 0. The number of anilines is 1. The molecule has 0 bridgehead atoms. The van der Waals surface area contributed by atoms with E-state index in [2.05, 4.69) is 15.3 Å². The maximum Gasteiger partial charge on any atom is 0.227 e. The first kappa shape index (κ1) is 18.2. The molecule has 0 unspecified atom stereocenters. The fourth-order valence-corrected chi connectivity index (χ4v) is 3.13. The molecule has 7 heteroatoms. The van der Waals surface area contributed by atoms with Crippen molar-refractivity contribution >= 4 is 11.6 Å². The van der Waals surface area contributed by atoms with Crippen molar-refractivity contribution < 1.29 is 14.3 Å². The van der Waals surface area contributed by atoms with Crippen LogP contribution in [0.5, 0.6) is 11.6 Å². The van der Waals surface area contributed by atoms with Crippen molar-refractivity contribution in [3.05, 3.63) is 60.7 Å². The zero-order chi connectivity index (χ0) is 19.3. The molecule has 1 aliphatic heterocycles. The Balaban J connectivity index is 1.42. The number of ether oxygens (including phenoxy) is 2. The van der Waals surface area contributed by atoms with E-state index in [1.54, 1.807) is 6.07 Å². The lowest BCUT2D eigenvalue weighted by molar-refractivity contribution is -0.122. The normalized spacial score (nSPS) is 14.6. The van der Waals surface area contributed by atoms with Gasteiger partial charge in [0, 0.05) is 43.3 Å². The third-order valence-corrected chi connectivity index (χ3v) is 4.61. The van der Waals surface area contributed by atoms with Gasteiger partial charge in [-0.15, -0.1) is 0 Å². The molecular formula is C21H22N4O3. The highest BCUT2D eigenvalue weighted by Gasteiger charge is 2.21. The van der Waals surface area contributed by atoms with Gasteiger partial charge in [0.1, 0.15) is 17.4 Å². The maximum atomic E-state index is 12.3. The van der Waals surface area contributed by atoms with Crippen LogP contribution in [0.4, 0.5) is 5.69 Å². The second kappa shape index (κ2) is 8.22. The number of amides is 1. The molecule has 0 aliphatic carbocycles. The van der Waals surface area contributed by atoms with Crippen LogP contribution < -0.4 is 10.1 Å². The Morgan fingerprint density at radius 2 is 1.86 bits per heavy atom. The van der Waals surface area contributed by atoms with Gasteiger partial charge in [0.25, 0.3) is 0 Å². The number of nitrogens with one attached hydrogen (secondary N) is 1. The van der Waals surface area contributed by atoms with Crippen molar-refractivity contribution in [3.8, 4) is 17.4 Å². The monoisotopic (exact) mass is 378 g/mol. The zero-order valence-electron chi connectivity index (χ0n) is 15.7. The standard InChI is InChI=1S/C21H22N4O3/c1-15-22-19(25-10-2-3-11-25)14-20(23-15)28-18-6-4-17(5-7-18)24-21(26)16-8-12-27-13-9-16/h2-7,10-11,14,16H,8-9,12-13H2,1H3,(H,24,26). The van der Waals surface area contributed by atoms with Gasteiger partial charge in [-0.2, -0.15) is 4.98 Å². The van der Waals surface area contributed by atoms with Gasteiger partial charge in [0.15, 0.2) is 0 Å². The highest BCUT2D eigenvalue weighted by atomic mass is 16.5. The lowest BCUT2D eigenvalue weighted by atomic mass is 9.99. The summed E-state index contributed by atoms with van der Waals surface area (Å²) in [6, 6.07) is 12.9. The summed E-state index contributed by atoms with van der Waals surface area (Å²) in [4.78, 5) is 21.1. The van der Waals surface area contributed by atoms with E-state index >= 15 is 0 Å². The molecule has 4 rings (SSSR count). The average molecular weight is 378 g/mol. The number of aryl methyl sites for hydroxylation is 1. The van der Waals surface area contributed by atoms with Gasteiger partial charge >= 0.3 is 0 Å². The lowest BCUT2D eigenvalue weighted by Gasteiger charge is -2.21. The summed E-state index contributed by atoms with van der Waals surface area (Å²) in [5, 5.41) is 2.96. The van der Waals surface area contributed by atoms with Crippen LogP contribution in [0.2, 0.25) is 0 Å². The first-order valence-electron chi connectivity index (χ1n) is 9.33. The number of rotatable bonds is 5. The number of hydrogen-bond acceptors (Lipinski definition) is 5. The minimum Gasteiger partial charge on any atom is -0.439 e. The first-order valence-corrected chi connectivity index (χ1v) is 9.33. The Bertz CT molecular complexity index is 933.